The lowest BCUT2D eigenvalue weighted by atomic mass is 10.1. The second kappa shape index (κ2) is 2.57. The van der Waals surface area contributed by atoms with Crippen LogP contribution in [0, 0.1) is 6.92 Å². The normalized spacial score (nSPS) is 9.55. The summed E-state index contributed by atoms with van der Waals surface area (Å²) in [6.07, 6.45) is 2.42. The van der Waals surface area contributed by atoms with Crippen LogP contribution in [0.25, 0.3) is 0 Å². The number of carboxylic acids is 1. The Bertz CT molecular complexity index is 296. The molecule has 1 aromatic rings. The molecule has 2 N–H and O–H groups in total. The summed E-state index contributed by atoms with van der Waals surface area (Å²) in [5, 5.41) is 17.6. The van der Waals surface area contributed by atoms with Gasteiger partial charge in [0.1, 0.15) is 5.75 Å². The summed E-state index contributed by atoms with van der Waals surface area (Å²) in [6.45, 7) is 1.53. The highest BCUT2D eigenvalue weighted by Gasteiger charge is 2.09. The Balaban J connectivity index is 3.27. The van der Waals surface area contributed by atoms with Crippen LogP contribution >= 0.6 is 0 Å². The quantitative estimate of drug-likeness (QED) is 0.625. The molecule has 0 amide bonds. The van der Waals surface area contributed by atoms with Gasteiger partial charge in [0.2, 0.25) is 0 Å². The molecule has 11 heavy (non-hydrogen) atoms. The fraction of sp³-hybridized carbons (Fsp3) is 0.143. The van der Waals surface area contributed by atoms with Crippen molar-refractivity contribution in [3.63, 3.8) is 0 Å². The first-order valence-corrected chi connectivity index (χ1v) is 3.00. The fourth-order valence-electron chi connectivity index (χ4n) is 0.730. The summed E-state index contributed by atoms with van der Waals surface area (Å²) in [4.78, 5) is 14.0. The van der Waals surface area contributed by atoms with Gasteiger partial charge >= 0.3 is 5.97 Å². The number of nitrogens with zero attached hydrogens (tertiary/aromatic N) is 1. The number of hydrogen-bond donors (Lipinski definition) is 2. The van der Waals surface area contributed by atoms with Crippen molar-refractivity contribution < 1.29 is 15.0 Å². The third-order valence-corrected chi connectivity index (χ3v) is 1.42. The van der Waals surface area contributed by atoms with Crippen molar-refractivity contribution in [3.05, 3.63) is 23.5 Å². The molecule has 1 rings (SSSR count). The Morgan fingerprint density at radius 2 is 2.18 bits per heavy atom. The predicted molar refractivity (Wildman–Crippen MR) is 37.6 cm³/mol. The maximum atomic E-state index is 10.4. The zero-order valence-corrected chi connectivity index (χ0v) is 5.90. The largest absolute Gasteiger partial charge is 0.506 e. The van der Waals surface area contributed by atoms with Crippen LogP contribution in [0.5, 0.6) is 5.75 Å². The lowest BCUT2D eigenvalue weighted by Crippen LogP contribution is -2.00. The Kier molecular flexibility index (Phi) is 1.76. The third kappa shape index (κ3) is 1.29. The van der Waals surface area contributed by atoms with Gasteiger partial charge < -0.3 is 10.2 Å². The molecule has 1 aromatic heterocycles. The van der Waals surface area contributed by atoms with Gasteiger partial charge in [0.15, 0.2) is 0 Å². The van der Waals surface area contributed by atoms with E-state index in [2.05, 4.69) is 4.98 Å². The number of carboxylic acid groups (broad SMARTS) is 1. The molecule has 0 bridgehead atoms. The van der Waals surface area contributed by atoms with Crippen LogP contribution in [0.3, 0.4) is 0 Å². The molecule has 1 heterocycles. The van der Waals surface area contributed by atoms with Gasteiger partial charge in [-0.3, -0.25) is 4.98 Å². The lowest BCUT2D eigenvalue weighted by molar-refractivity contribution is 0.0695. The Morgan fingerprint density at radius 3 is 2.64 bits per heavy atom. The highest BCUT2D eigenvalue weighted by Crippen LogP contribution is 2.17. The lowest BCUT2D eigenvalue weighted by Gasteiger charge is -2.00. The average Bonchev–Trinajstić information content (AvgIpc) is 1.94. The smallest absolute Gasteiger partial charge is 0.337 e. The molecule has 58 valence electrons. The van der Waals surface area contributed by atoms with Crippen LogP contribution in [0.1, 0.15) is 15.9 Å². The van der Waals surface area contributed by atoms with Crippen LogP contribution in [-0.4, -0.2) is 21.2 Å². The van der Waals surface area contributed by atoms with E-state index in [9.17, 15) is 4.79 Å². The molecule has 0 saturated heterocycles. The number of hydrogen-bond acceptors (Lipinski definition) is 3. The molecule has 0 aromatic carbocycles. The van der Waals surface area contributed by atoms with Gasteiger partial charge in [-0.05, 0) is 6.92 Å². The number of aromatic nitrogens is 1. The van der Waals surface area contributed by atoms with Crippen molar-refractivity contribution >= 4 is 5.97 Å². The molecular weight excluding hydrogens is 146 g/mol. The Hall–Kier alpha value is -1.58. The SMILES string of the molecule is Cc1c(O)cncc1C(=O)O. The molecule has 0 atom stereocenters. The van der Waals surface area contributed by atoms with E-state index in [1.165, 1.54) is 19.3 Å². The van der Waals surface area contributed by atoms with Crippen molar-refractivity contribution in [2.75, 3.05) is 0 Å². The number of aromatic carboxylic acids is 1. The van der Waals surface area contributed by atoms with Crippen molar-refractivity contribution in [1.82, 2.24) is 4.98 Å². The molecule has 0 aliphatic carbocycles. The minimum Gasteiger partial charge on any atom is -0.506 e. The molecule has 0 radical (unpaired) electrons. The van der Waals surface area contributed by atoms with E-state index in [1.807, 2.05) is 0 Å². The molecule has 0 spiro atoms. The summed E-state index contributed by atoms with van der Waals surface area (Å²) in [5.74, 6) is -1.17. The fourth-order valence-corrected chi connectivity index (χ4v) is 0.730. The second-order valence-electron chi connectivity index (χ2n) is 2.14. The first-order chi connectivity index (χ1) is 5.13. The number of aromatic hydroxyl groups is 1. The van der Waals surface area contributed by atoms with Gasteiger partial charge in [-0.2, -0.15) is 0 Å². The number of rotatable bonds is 1. The minimum absolute atomic E-state index is 0.0324. The van der Waals surface area contributed by atoms with E-state index in [-0.39, 0.29) is 11.3 Å². The highest BCUT2D eigenvalue weighted by molar-refractivity contribution is 5.89. The number of pyridine rings is 1. The first kappa shape index (κ1) is 7.53. The van der Waals surface area contributed by atoms with Crippen molar-refractivity contribution in [3.8, 4) is 5.75 Å². The zero-order chi connectivity index (χ0) is 8.43. The monoisotopic (exact) mass is 153 g/mol. The van der Waals surface area contributed by atoms with Gasteiger partial charge in [0, 0.05) is 11.8 Å². The summed E-state index contributed by atoms with van der Waals surface area (Å²) in [7, 11) is 0. The van der Waals surface area contributed by atoms with E-state index >= 15 is 0 Å². The van der Waals surface area contributed by atoms with Crippen LogP contribution < -0.4 is 0 Å². The van der Waals surface area contributed by atoms with Gasteiger partial charge in [0.05, 0.1) is 11.8 Å². The predicted octanol–water partition coefficient (Wildman–Crippen LogP) is 0.794. The van der Waals surface area contributed by atoms with E-state index in [0.717, 1.165) is 0 Å². The zero-order valence-electron chi connectivity index (χ0n) is 5.90. The van der Waals surface area contributed by atoms with Crippen molar-refractivity contribution in [2.24, 2.45) is 0 Å². The van der Waals surface area contributed by atoms with Gasteiger partial charge in [0.25, 0.3) is 0 Å². The van der Waals surface area contributed by atoms with Gasteiger partial charge in [-0.1, -0.05) is 0 Å². The highest BCUT2D eigenvalue weighted by atomic mass is 16.4. The maximum absolute atomic E-state index is 10.4. The minimum atomic E-state index is -1.08. The van der Waals surface area contributed by atoms with Crippen LogP contribution in [-0.2, 0) is 0 Å². The molecular formula is C7H7NO3. The molecule has 4 heteroatoms. The summed E-state index contributed by atoms with van der Waals surface area (Å²) in [5.41, 5.74) is 0.373. The third-order valence-electron chi connectivity index (χ3n) is 1.42. The van der Waals surface area contributed by atoms with Gasteiger partial charge in [-0.25, -0.2) is 4.79 Å². The van der Waals surface area contributed by atoms with E-state index in [4.69, 9.17) is 10.2 Å². The molecule has 0 fully saturated rings. The Labute approximate surface area is 63.1 Å². The molecule has 4 nitrogen and oxygen atoms in total. The molecule has 0 aliphatic rings. The van der Waals surface area contributed by atoms with E-state index < -0.39 is 5.97 Å². The second-order valence-corrected chi connectivity index (χ2v) is 2.14. The summed E-state index contributed by atoms with van der Waals surface area (Å²) < 4.78 is 0. The molecule has 0 unspecified atom stereocenters. The van der Waals surface area contributed by atoms with Crippen LogP contribution in [0.2, 0.25) is 0 Å². The van der Waals surface area contributed by atoms with Gasteiger partial charge in [-0.15, -0.1) is 0 Å². The van der Waals surface area contributed by atoms with Crippen LogP contribution in [0.4, 0.5) is 0 Å². The summed E-state index contributed by atoms with van der Waals surface area (Å²) >= 11 is 0. The number of carbonyl (C=O) groups is 1. The molecule has 0 aliphatic heterocycles. The van der Waals surface area contributed by atoms with E-state index in [0.29, 0.717) is 5.56 Å². The average molecular weight is 153 g/mol. The topological polar surface area (TPSA) is 70.4 Å². The van der Waals surface area contributed by atoms with Crippen LogP contribution in [0.15, 0.2) is 12.4 Å². The standard InChI is InChI=1S/C7H7NO3/c1-4-5(7(10)11)2-8-3-6(4)9/h2-3,9H,1H3,(H,10,11). The van der Waals surface area contributed by atoms with E-state index in [1.54, 1.807) is 0 Å². The first-order valence-electron chi connectivity index (χ1n) is 3.00. The molecule has 0 saturated carbocycles. The van der Waals surface area contributed by atoms with Crippen molar-refractivity contribution in [2.45, 2.75) is 6.92 Å². The summed E-state index contributed by atoms with van der Waals surface area (Å²) in [6, 6.07) is 0. The Morgan fingerprint density at radius 1 is 1.55 bits per heavy atom. The maximum Gasteiger partial charge on any atom is 0.337 e. The van der Waals surface area contributed by atoms with Crippen molar-refractivity contribution in [1.29, 1.82) is 0 Å².